The predicted octanol–water partition coefficient (Wildman–Crippen LogP) is 13.2. The Labute approximate surface area is 344 Å². The molecule has 0 atom stereocenters. The van der Waals surface area contributed by atoms with Crippen LogP contribution in [0, 0.1) is 0 Å². The third-order valence-electron chi connectivity index (χ3n) is 12.6. The zero-order valence-electron chi connectivity index (χ0n) is 35.2. The average molecular weight is 755 g/mol. The summed E-state index contributed by atoms with van der Waals surface area (Å²) in [7, 11) is 0. The lowest BCUT2D eigenvalue weighted by Gasteiger charge is -2.45. The minimum atomic E-state index is -0.00595. The molecule has 58 heavy (non-hydrogen) atoms. The molecule has 0 spiro atoms. The van der Waals surface area contributed by atoms with Crippen LogP contribution in [0.1, 0.15) is 79.0 Å². The minimum Gasteiger partial charge on any atom is -0.456 e. The van der Waals surface area contributed by atoms with E-state index >= 15 is 0 Å². The maximum atomic E-state index is 6.28. The quantitative estimate of drug-likeness (QED) is 0.168. The van der Waals surface area contributed by atoms with E-state index in [-0.39, 0.29) is 23.0 Å². The Morgan fingerprint density at radius 2 is 0.983 bits per heavy atom. The van der Waals surface area contributed by atoms with Crippen molar-refractivity contribution in [2.24, 2.45) is 0 Å². The molecule has 0 saturated carbocycles. The van der Waals surface area contributed by atoms with Crippen molar-refractivity contribution in [1.82, 2.24) is 0 Å². The Hall–Kier alpha value is -6.00. The summed E-state index contributed by atoms with van der Waals surface area (Å²) in [5, 5.41) is 2.30. The number of benzene rings is 7. The monoisotopic (exact) mass is 754 g/mol. The van der Waals surface area contributed by atoms with E-state index in [1.807, 2.05) is 6.07 Å². The number of nitrogens with zero attached hydrogens (tertiary/aromatic N) is 2. The zero-order valence-corrected chi connectivity index (χ0v) is 35.2. The standard InChI is InChI=1S/C54H51BN2O/c1-52(2,3)35-22-28-39(29-23-35)57-46-17-13-16-45-51(46)55(42-30-24-37(33-47(42)57)54(7,8)9)43-32-36(53(4,5)6)25-31-44(43)56(45)38-26-20-34(21-27-38)40-15-12-19-49-50(40)41-14-10-11-18-48(41)58-49/h10-33H,1-9H3. The van der Waals surface area contributed by atoms with E-state index in [9.17, 15) is 0 Å². The Balaban J connectivity index is 1.19. The fraction of sp³-hybridized carbons (Fsp3) is 0.222. The van der Waals surface area contributed by atoms with Crippen LogP contribution in [-0.4, -0.2) is 6.71 Å². The van der Waals surface area contributed by atoms with Crippen LogP contribution in [-0.2, 0) is 16.2 Å². The maximum absolute atomic E-state index is 6.28. The highest BCUT2D eigenvalue weighted by atomic mass is 16.3. The Kier molecular flexibility index (Phi) is 7.99. The summed E-state index contributed by atoms with van der Waals surface area (Å²) in [4.78, 5) is 5.03. The summed E-state index contributed by atoms with van der Waals surface area (Å²) in [6, 6.07) is 54.6. The summed E-state index contributed by atoms with van der Waals surface area (Å²) >= 11 is 0. The van der Waals surface area contributed by atoms with Gasteiger partial charge in [-0.15, -0.1) is 0 Å². The van der Waals surface area contributed by atoms with Crippen LogP contribution in [0.4, 0.5) is 34.1 Å². The molecule has 3 nitrogen and oxygen atoms in total. The lowest BCUT2D eigenvalue weighted by molar-refractivity contribution is 0.590. The van der Waals surface area contributed by atoms with Gasteiger partial charge in [-0.3, -0.25) is 0 Å². The fourth-order valence-electron chi connectivity index (χ4n) is 9.34. The lowest BCUT2D eigenvalue weighted by Crippen LogP contribution is -2.61. The summed E-state index contributed by atoms with van der Waals surface area (Å²) < 4.78 is 6.28. The number of fused-ring (bicyclic) bond motifs is 7. The number of hydrogen-bond donors (Lipinski definition) is 0. The van der Waals surface area contributed by atoms with Crippen LogP contribution in [0.25, 0.3) is 33.1 Å². The van der Waals surface area contributed by atoms with Crippen LogP contribution < -0.4 is 26.2 Å². The number of anilines is 6. The third-order valence-corrected chi connectivity index (χ3v) is 12.6. The molecule has 0 radical (unpaired) electrons. The van der Waals surface area contributed by atoms with E-state index in [0.29, 0.717) is 0 Å². The van der Waals surface area contributed by atoms with Gasteiger partial charge in [0.15, 0.2) is 0 Å². The van der Waals surface area contributed by atoms with Gasteiger partial charge in [0.05, 0.1) is 0 Å². The van der Waals surface area contributed by atoms with Crippen LogP contribution in [0.3, 0.4) is 0 Å². The number of hydrogen-bond acceptors (Lipinski definition) is 3. The summed E-state index contributed by atoms with van der Waals surface area (Å²) in [5.74, 6) is 0. The Bertz CT molecular complexity index is 2900. The van der Waals surface area contributed by atoms with Gasteiger partial charge in [-0.05, 0) is 121 Å². The molecular formula is C54H51BN2O. The first kappa shape index (κ1) is 36.4. The molecule has 0 N–H and O–H groups in total. The molecule has 10 rings (SSSR count). The van der Waals surface area contributed by atoms with Crippen molar-refractivity contribution in [3.63, 3.8) is 0 Å². The highest BCUT2D eigenvalue weighted by molar-refractivity contribution is 7.00. The summed E-state index contributed by atoms with van der Waals surface area (Å²) in [6.07, 6.45) is 0. The molecule has 3 heterocycles. The minimum absolute atomic E-state index is 0.00198. The molecule has 0 aliphatic carbocycles. The van der Waals surface area contributed by atoms with Crippen LogP contribution in [0.2, 0.25) is 0 Å². The number of furan rings is 1. The van der Waals surface area contributed by atoms with E-state index in [1.54, 1.807) is 0 Å². The van der Waals surface area contributed by atoms with Crippen molar-refractivity contribution in [2.45, 2.75) is 78.6 Å². The van der Waals surface area contributed by atoms with Gasteiger partial charge in [0.25, 0.3) is 6.71 Å². The first-order chi connectivity index (χ1) is 27.7. The van der Waals surface area contributed by atoms with Gasteiger partial charge in [-0.25, -0.2) is 0 Å². The molecule has 8 aromatic rings. The van der Waals surface area contributed by atoms with Gasteiger partial charge in [0, 0.05) is 44.9 Å². The topological polar surface area (TPSA) is 19.6 Å². The van der Waals surface area contributed by atoms with Crippen molar-refractivity contribution >= 4 is 79.2 Å². The second-order valence-corrected chi connectivity index (χ2v) is 19.5. The average Bonchev–Trinajstić information content (AvgIpc) is 3.59. The SMILES string of the molecule is CC(C)(C)c1ccc(N2c3cc(C(C)(C)C)ccc3B3c4cc(C(C)(C)C)ccc4N(c4ccc(-c5cccc6oc7ccccc7c56)cc4)c4cccc2c43)cc1. The lowest BCUT2D eigenvalue weighted by atomic mass is 9.33. The molecule has 0 saturated heterocycles. The molecule has 0 fully saturated rings. The molecule has 2 aliphatic rings. The molecule has 4 heteroatoms. The second-order valence-electron chi connectivity index (χ2n) is 19.5. The molecule has 1 aromatic heterocycles. The predicted molar refractivity (Wildman–Crippen MR) is 249 cm³/mol. The van der Waals surface area contributed by atoms with Crippen molar-refractivity contribution in [3.05, 3.63) is 162 Å². The van der Waals surface area contributed by atoms with Crippen LogP contribution >= 0.6 is 0 Å². The van der Waals surface area contributed by atoms with E-state index in [0.717, 1.165) is 27.6 Å². The number of para-hydroxylation sites is 1. The van der Waals surface area contributed by atoms with Crippen LogP contribution in [0.15, 0.2) is 150 Å². The van der Waals surface area contributed by atoms with Gasteiger partial charge in [0.2, 0.25) is 0 Å². The van der Waals surface area contributed by atoms with E-state index in [2.05, 4.69) is 212 Å². The molecule has 7 aromatic carbocycles. The highest BCUT2D eigenvalue weighted by Gasteiger charge is 2.44. The molecule has 2 aliphatic heterocycles. The smallest absolute Gasteiger partial charge is 0.252 e. The molecule has 0 amide bonds. The largest absolute Gasteiger partial charge is 0.456 e. The first-order valence-electron chi connectivity index (χ1n) is 20.8. The van der Waals surface area contributed by atoms with Gasteiger partial charge in [-0.1, -0.05) is 147 Å². The zero-order chi connectivity index (χ0) is 40.3. The summed E-state index contributed by atoms with van der Waals surface area (Å²) in [6.45, 7) is 20.9. The Morgan fingerprint density at radius 1 is 0.431 bits per heavy atom. The van der Waals surface area contributed by atoms with Crippen molar-refractivity contribution in [3.8, 4) is 11.1 Å². The third kappa shape index (κ3) is 5.71. The number of rotatable bonds is 3. The molecule has 0 bridgehead atoms. The first-order valence-corrected chi connectivity index (χ1v) is 20.8. The molecule has 286 valence electrons. The highest BCUT2D eigenvalue weighted by Crippen LogP contribution is 2.46. The normalized spacial score (nSPS) is 13.8. The Morgan fingerprint density at radius 3 is 1.66 bits per heavy atom. The summed E-state index contributed by atoms with van der Waals surface area (Å²) in [5.41, 5.74) is 19.5. The van der Waals surface area contributed by atoms with Gasteiger partial charge >= 0.3 is 0 Å². The van der Waals surface area contributed by atoms with Gasteiger partial charge < -0.3 is 14.2 Å². The van der Waals surface area contributed by atoms with E-state index in [1.165, 1.54) is 72.6 Å². The van der Waals surface area contributed by atoms with E-state index < -0.39 is 0 Å². The van der Waals surface area contributed by atoms with Crippen molar-refractivity contribution in [1.29, 1.82) is 0 Å². The van der Waals surface area contributed by atoms with E-state index in [4.69, 9.17) is 4.42 Å². The molecule has 0 unspecified atom stereocenters. The van der Waals surface area contributed by atoms with Gasteiger partial charge in [-0.2, -0.15) is 0 Å². The van der Waals surface area contributed by atoms with Crippen LogP contribution in [0.5, 0.6) is 0 Å². The van der Waals surface area contributed by atoms with Crippen molar-refractivity contribution in [2.75, 3.05) is 9.80 Å². The van der Waals surface area contributed by atoms with Crippen molar-refractivity contribution < 1.29 is 4.42 Å². The fourth-order valence-corrected chi connectivity index (χ4v) is 9.34. The van der Waals surface area contributed by atoms with Gasteiger partial charge in [0.1, 0.15) is 11.2 Å². The second kappa shape index (κ2) is 12.8. The molecular weight excluding hydrogens is 703 g/mol. The maximum Gasteiger partial charge on any atom is 0.252 e.